The molecule has 1 heterocycles. The molecule has 3 aliphatic carbocycles. The summed E-state index contributed by atoms with van der Waals surface area (Å²) in [6, 6.07) is 7.55. The Balaban J connectivity index is 0.954. The number of rotatable bonds is 35. The minimum Gasteiger partial charge on any atom is -0.445 e. The number of aryl methyl sites for hydroxylation is 2. The molecule has 3 aliphatic rings. The molecule has 0 aliphatic heterocycles. The van der Waals surface area contributed by atoms with E-state index < -0.39 is 76.3 Å². The molecule has 5 atom stereocenters. The highest BCUT2D eigenvalue weighted by molar-refractivity contribution is 6.09. The van der Waals surface area contributed by atoms with Crippen LogP contribution in [0.15, 0.2) is 65.8 Å². The fraction of sp³-hybridized carbons (Fsp3) is 0.574. The van der Waals surface area contributed by atoms with Crippen LogP contribution in [0.25, 0.3) is 6.08 Å². The van der Waals surface area contributed by atoms with Gasteiger partial charge in [-0.2, -0.15) is 0 Å². The van der Waals surface area contributed by atoms with E-state index in [1.54, 1.807) is 64.1 Å². The van der Waals surface area contributed by atoms with Crippen LogP contribution in [-0.2, 0) is 65.4 Å². The maximum atomic E-state index is 13.7. The number of primary amides is 1. The minimum atomic E-state index is -1.55. The average molecular weight is 1190 g/mol. The van der Waals surface area contributed by atoms with Crippen molar-refractivity contribution in [3.8, 4) is 0 Å². The zero-order valence-corrected chi connectivity index (χ0v) is 50.6. The zero-order chi connectivity index (χ0) is 62.5. The first-order valence-electron chi connectivity index (χ1n) is 28.9. The number of likely N-dealkylation sites (N-methyl/N-ethyl adjacent to an activating group) is 2. The highest BCUT2D eigenvalue weighted by atomic mass is 16.6. The molecule has 85 heavy (non-hydrogen) atoms. The molecule has 1 saturated carbocycles. The molecule has 8 N–H and O–H groups in total. The summed E-state index contributed by atoms with van der Waals surface area (Å²) in [5.41, 5.74) is 7.48. The second-order valence-corrected chi connectivity index (χ2v) is 22.5. The summed E-state index contributed by atoms with van der Waals surface area (Å²) in [6.45, 7) is 21.5. The van der Waals surface area contributed by atoms with Crippen LogP contribution in [0.5, 0.6) is 0 Å². The van der Waals surface area contributed by atoms with Crippen molar-refractivity contribution < 1.29 is 71.9 Å². The second kappa shape index (κ2) is 32.3. The molecule has 24 nitrogen and oxygen atoms in total. The number of Topliss-reactive ketones (excluding diaryl/α,β-unsaturated/α-hetero) is 1. The Labute approximate surface area is 498 Å². The number of hydrogen-bond donors (Lipinski definition) is 7. The number of benzene rings is 1. The molecule has 1 aromatic carbocycles. The Kier molecular flexibility index (Phi) is 26.0. The number of nitrogens with zero attached hydrogens (tertiary/aromatic N) is 3. The van der Waals surface area contributed by atoms with Gasteiger partial charge in [-0.1, -0.05) is 57.2 Å². The number of carbonyl (C=O) groups is 8. The summed E-state index contributed by atoms with van der Waals surface area (Å²) in [4.78, 5) is 111. The minimum absolute atomic E-state index is 0.0369. The quantitative estimate of drug-likeness (QED) is 0.0468. The monoisotopic (exact) mass is 1190 g/mol. The molecular formula is C61H88N9O15. The molecule has 0 bridgehead atoms. The van der Waals surface area contributed by atoms with Crippen LogP contribution in [0, 0.1) is 30.6 Å². The fourth-order valence-corrected chi connectivity index (χ4v) is 10.0. The van der Waals surface area contributed by atoms with Gasteiger partial charge in [0.1, 0.15) is 30.4 Å². The number of nitrogens with one attached hydrogen (secondary N) is 5. The molecule has 5 rings (SSSR count). The van der Waals surface area contributed by atoms with E-state index >= 15 is 0 Å². The van der Waals surface area contributed by atoms with Gasteiger partial charge in [0.25, 0.3) is 0 Å². The lowest BCUT2D eigenvalue weighted by Crippen LogP contribution is -2.54. The molecule has 8 amide bonds. The Morgan fingerprint density at radius 1 is 0.812 bits per heavy atom. The first-order valence-corrected chi connectivity index (χ1v) is 28.9. The SMILES string of the molecule is [CH2][C@]1(C)C=C2C(=O)[C@](C)(O)C3(CC3)C(C)=C2[C@H]1OC(=O)N(C)CCN(C)C(=O)OCc1ccc(NC(=O)[C@H](CCCNC(N)=O)NC(=O)[C@@H](NC(=O)CCOCCOCCOCCOCCNC(=O)CCc2cc(C=C)cc(C)n2)C(C)C)cc1. The van der Waals surface area contributed by atoms with Gasteiger partial charge in [-0.3, -0.25) is 29.0 Å². The van der Waals surface area contributed by atoms with Crippen LogP contribution in [0.2, 0.25) is 0 Å². The third-order valence-corrected chi connectivity index (χ3v) is 15.2. The first kappa shape index (κ1) is 68.5. The van der Waals surface area contributed by atoms with Crippen molar-refractivity contribution in [1.29, 1.82) is 0 Å². The fourth-order valence-electron chi connectivity index (χ4n) is 10.0. The normalized spacial score (nSPS) is 17.9. The Morgan fingerprint density at radius 2 is 1.42 bits per heavy atom. The molecule has 0 unspecified atom stereocenters. The molecule has 1 radical (unpaired) electrons. The van der Waals surface area contributed by atoms with Crippen molar-refractivity contribution >= 4 is 59.4 Å². The largest absolute Gasteiger partial charge is 0.445 e. The van der Waals surface area contributed by atoms with Crippen LogP contribution < -0.4 is 32.3 Å². The van der Waals surface area contributed by atoms with Gasteiger partial charge in [0, 0.05) is 92.2 Å². The van der Waals surface area contributed by atoms with Gasteiger partial charge in [-0.15, -0.1) is 0 Å². The van der Waals surface area contributed by atoms with Gasteiger partial charge in [-0.25, -0.2) is 14.4 Å². The first-order chi connectivity index (χ1) is 40.3. The number of anilines is 1. The molecule has 1 spiro atoms. The number of pyridine rings is 1. The molecular weight excluding hydrogens is 1100 g/mol. The van der Waals surface area contributed by atoms with Crippen molar-refractivity contribution in [2.24, 2.45) is 22.5 Å². The summed E-state index contributed by atoms with van der Waals surface area (Å²) < 4.78 is 33.6. The number of urea groups is 1. The lowest BCUT2D eigenvalue weighted by Gasteiger charge is -2.40. The molecule has 467 valence electrons. The summed E-state index contributed by atoms with van der Waals surface area (Å²) in [6.07, 6.45) is 3.78. The molecule has 1 fully saturated rings. The number of ketones is 1. The van der Waals surface area contributed by atoms with E-state index in [2.05, 4.69) is 45.1 Å². The van der Waals surface area contributed by atoms with E-state index in [4.69, 9.17) is 34.2 Å². The van der Waals surface area contributed by atoms with Gasteiger partial charge in [0.05, 0.1) is 52.9 Å². The summed E-state index contributed by atoms with van der Waals surface area (Å²) in [7, 11) is 3.06. The summed E-state index contributed by atoms with van der Waals surface area (Å²) >= 11 is 0. The second-order valence-electron chi connectivity index (χ2n) is 22.5. The predicted octanol–water partition coefficient (Wildman–Crippen LogP) is 4.47. The van der Waals surface area contributed by atoms with Crippen LogP contribution in [0.1, 0.15) is 95.7 Å². The van der Waals surface area contributed by atoms with E-state index in [-0.39, 0.29) is 77.1 Å². The van der Waals surface area contributed by atoms with Crippen molar-refractivity contribution in [2.45, 2.75) is 117 Å². The number of nitrogens with two attached hydrogens (primary N) is 1. The topological polar surface area (TPSA) is 318 Å². The van der Waals surface area contributed by atoms with Gasteiger partial charge >= 0.3 is 18.2 Å². The standard InChI is InChI=1S/C61H88N9O15/c1-11-42-35-40(4)65-45(36-42)18-19-48(71)63-24-28-81-30-32-83-34-33-82-31-29-80-27-20-49(72)68-51(39(2)3)55(75)67-47(13-12-23-64-56(62)76)54(74)66-44-16-14-43(15-17-44)38-84-57(77)69(9)25-26-70(10)58(78)85-53-50-41(5)61(21-22-61)60(8,79)52(73)46(50)37-59(53,6)7/h11,14-17,35-37,39,47,51,53,79H,1,6,12-13,18-34,38H2,2-5,7-10H3,(H,63,71)(H,66,74)(H,67,75)(H,68,72)(H3,62,64,76)/t47-,51-,53+,59-,60-/m0/s1. The Bertz CT molecular complexity index is 2740. The number of fused-ring (bicyclic) bond motifs is 1. The third kappa shape index (κ3) is 20.2. The van der Waals surface area contributed by atoms with Gasteiger partial charge < -0.3 is 75.6 Å². The van der Waals surface area contributed by atoms with Crippen LogP contribution >= 0.6 is 0 Å². The van der Waals surface area contributed by atoms with Crippen LogP contribution in [0.3, 0.4) is 0 Å². The van der Waals surface area contributed by atoms with Crippen molar-refractivity contribution in [3.63, 3.8) is 0 Å². The number of amides is 8. The number of ether oxygens (including phenoxy) is 6. The van der Waals surface area contributed by atoms with Gasteiger partial charge in [0.15, 0.2) is 5.78 Å². The Morgan fingerprint density at radius 3 is 2.02 bits per heavy atom. The average Bonchev–Trinajstić information content (AvgIpc) is 1.54. The van der Waals surface area contributed by atoms with E-state index in [0.29, 0.717) is 87.7 Å². The lowest BCUT2D eigenvalue weighted by molar-refractivity contribution is -0.138. The molecule has 24 heteroatoms. The molecule has 1 aromatic heterocycles. The predicted molar refractivity (Wildman–Crippen MR) is 316 cm³/mol. The Hall–Kier alpha value is -7.25. The number of hydrogen-bond acceptors (Lipinski definition) is 16. The molecule has 0 saturated heterocycles. The van der Waals surface area contributed by atoms with Gasteiger partial charge in [-0.05, 0) is 101 Å². The summed E-state index contributed by atoms with van der Waals surface area (Å²) in [5.74, 6) is -2.42. The number of aromatic nitrogens is 1. The van der Waals surface area contributed by atoms with Crippen molar-refractivity contribution in [1.82, 2.24) is 36.1 Å². The van der Waals surface area contributed by atoms with E-state index in [1.807, 2.05) is 26.0 Å². The number of carbonyl (C=O) groups excluding carboxylic acids is 8. The molecule has 2 aromatic rings. The third-order valence-electron chi connectivity index (χ3n) is 15.2. The maximum absolute atomic E-state index is 13.7. The highest BCUT2D eigenvalue weighted by Crippen LogP contribution is 2.65. The van der Waals surface area contributed by atoms with Crippen LogP contribution in [-0.4, -0.2) is 184 Å². The maximum Gasteiger partial charge on any atom is 0.410 e. The van der Waals surface area contributed by atoms with Gasteiger partial charge in [0.2, 0.25) is 23.6 Å². The number of aliphatic hydroxyl groups is 1. The van der Waals surface area contributed by atoms with E-state index in [0.717, 1.165) is 22.5 Å². The zero-order valence-electron chi connectivity index (χ0n) is 50.6. The van der Waals surface area contributed by atoms with E-state index in [9.17, 15) is 43.5 Å². The summed E-state index contributed by atoms with van der Waals surface area (Å²) in [5, 5.41) is 24.8. The van der Waals surface area contributed by atoms with Crippen LogP contribution in [0.4, 0.5) is 20.1 Å². The van der Waals surface area contributed by atoms with Crippen molar-refractivity contribution in [3.05, 3.63) is 95.2 Å². The lowest BCUT2D eigenvalue weighted by atomic mass is 9.67. The van der Waals surface area contributed by atoms with E-state index in [1.165, 1.54) is 23.9 Å². The smallest absolute Gasteiger partial charge is 0.410 e. The van der Waals surface area contributed by atoms with Crippen molar-refractivity contribution in [2.75, 3.05) is 98.4 Å². The highest BCUT2D eigenvalue weighted by Gasteiger charge is 2.67.